The van der Waals surface area contributed by atoms with E-state index in [1.165, 1.54) is 6.07 Å². The molecule has 0 bridgehead atoms. The monoisotopic (exact) mass is 479 g/mol. The van der Waals surface area contributed by atoms with E-state index in [9.17, 15) is 9.18 Å². The molecule has 1 aliphatic carbocycles. The number of carbonyl (C=O) groups excluding carboxylic acids is 1. The molecule has 1 saturated carbocycles. The van der Waals surface area contributed by atoms with Crippen LogP contribution in [0.1, 0.15) is 40.8 Å². The van der Waals surface area contributed by atoms with E-state index in [1.807, 2.05) is 31.2 Å². The number of pyridine rings is 3. The summed E-state index contributed by atoms with van der Waals surface area (Å²) in [6.07, 6.45) is 4.70. The molecular formula is C27H22FN7O. The Hall–Kier alpha value is -4.53. The summed E-state index contributed by atoms with van der Waals surface area (Å²) in [6.45, 7) is 1.90. The number of hydrogen-bond donors (Lipinski definition) is 1. The van der Waals surface area contributed by atoms with Gasteiger partial charge in [0, 0.05) is 35.4 Å². The molecule has 0 atom stereocenters. The van der Waals surface area contributed by atoms with Crippen molar-refractivity contribution >= 4 is 16.8 Å². The second kappa shape index (κ2) is 8.92. The van der Waals surface area contributed by atoms with E-state index < -0.39 is 0 Å². The molecule has 1 amide bonds. The first-order chi connectivity index (χ1) is 17.6. The molecule has 0 aliphatic heterocycles. The molecule has 1 N–H and O–H groups in total. The molecule has 1 aliphatic rings. The zero-order chi connectivity index (χ0) is 24.6. The topological polar surface area (TPSA) is 98.5 Å². The Morgan fingerprint density at radius 1 is 1.00 bits per heavy atom. The molecule has 8 nitrogen and oxygen atoms in total. The average molecular weight is 480 g/mol. The maximum atomic E-state index is 14.9. The van der Waals surface area contributed by atoms with Crippen molar-refractivity contribution < 1.29 is 9.18 Å². The standard InChI is InChI=1S/C27H22FN7O/c1-16-5-4-7-22(30-16)26-34-33-25(35(26)24-8-3-2-6-20(24)28)18-13-19(14-18)31-27(36)23-10-9-17-15-29-12-11-21(17)32-23/h2-12,15,18-19H,13-14H2,1H3,(H,31,36). The third kappa shape index (κ3) is 3.98. The Balaban J connectivity index is 1.25. The highest BCUT2D eigenvalue weighted by Crippen LogP contribution is 2.39. The highest BCUT2D eigenvalue weighted by molar-refractivity contribution is 5.95. The Bertz CT molecular complexity index is 1590. The predicted molar refractivity (Wildman–Crippen MR) is 132 cm³/mol. The van der Waals surface area contributed by atoms with Crippen LogP contribution in [0.3, 0.4) is 0 Å². The number of aryl methyl sites for hydroxylation is 1. The number of halogens is 1. The molecule has 4 aromatic heterocycles. The van der Waals surface area contributed by atoms with Crippen molar-refractivity contribution in [3.63, 3.8) is 0 Å². The molecule has 1 aromatic carbocycles. The molecule has 6 rings (SSSR count). The molecule has 9 heteroatoms. The van der Waals surface area contributed by atoms with Gasteiger partial charge in [-0.25, -0.2) is 14.4 Å². The lowest BCUT2D eigenvalue weighted by Crippen LogP contribution is -2.44. The number of rotatable bonds is 5. The fourth-order valence-electron chi connectivity index (χ4n) is 4.56. The van der Waals surface area contributed by atoms with Gasteiger partial charge in [-0.2, -0.15) is 0 Å². The number of para-hydroxylation sites is 1. The summed E-state index contributed by atoms with van der Waals surface area (Å²) in [7, 11) is 0. The van der Waals surface area contributed by atoms with Crippen LogP contribution in [0.25, 0.3) is 28.1 Å². The van der Waals surface area contributed by atoms with Gasteiger partial charge in [0.15, 0.2) is 5.82 Å². The fourth-order valence-corrected chi connectivity index (χ4v) is 4.56. The van der Waals surface area contributed by atoms with Gasteiger partial charge in [0.05, 0.1) is 11.2 Å². The van der Waals surface area contributed by atoms with Crippen LogP contribution in [0.5, 0.6) is 0 Å². The van der Waals surface area contributed by atoms with Gasteiger partial charge in [-0.1, -0.05) is 18.2 Å². The van der Waals surface area contributed by atoms with Crippen LogP contribution >= 0.6 is 0 Å². The Morgan fingerprint density at radius 2 is 1.86 bits per heavy atom. The highest BCUT2D eigenvalue weighted by Gasteiger charge is 2.36. The van der Waals surface area contributed by atoms with Crippen molar-refractivity contribution in [2.45, 2.75) is 31.7 Å². The third-order valence-electron chi connectivity index (χ3n) is 6.46. The summed E-state index contributed by atoms with van der Waals surface area (Å²) in [5.41, 5.74) is 2.91. The number of carbonyl (C=O) groups is 1. The third-order valence-corrected chi connectivity index (χ3v) is 6.46. The highest BCUT2D eigenvalue weighted by atomic mass is 19.1. The number of nitrogens with zero attached hydrogens (tertiary/aromatic N) is 6. The maximum Gasteiger partial charge on any atom is 0.270 e. The van der Waals surface area contributed by atoms with Gasteiger partial charge in [0.25, 0.3) is 5.91 Å². The normalized spacial score (nSPS) is 17.1. The van der Waals surface area contributed by atoms with Crippen LogP contribution in [0.4, 0.5) is 4.39 Å². The first-order valence-corrected chi connectivity index (χ1v) is 11.7. The summed E-state index contributed by atoms with van der Waals surface area (Å²) >= 11 is 0. The molecule has 0 radical (unpaired) electrons. The van der Waals surface area contributed by atoms with Gasteiger partial charge in [-0.3, -0.25) is 14.3 Å². The Labute approximate surface area is 206 Å². The summed E-state index contributed by atoms with van der Waals surface area (Å²) in [4.78, 5) is 25.9. The lowest BCUT2D eigenvalue weighted by atomic mass is 9.79. The van der Waals surface area contributed by atoms with Crippen LogP contribution in [0.15, 0.2) is 73.1 Å². The predicted octanol–water partition coefficient (Wildman–Crippen LogP) is 4.40. The molecule has 1 fully saturated rings. The summed E-state index contributed by atoms with van der Waals surface area (Å²) in [5.74, 6) is 0.560. The minimum Gasteiger partial charge on any atom is -0.348 e. The number of hydrogen-bond acceptors (Lipinski definition) is 6. The van der Waals surface area contributed by atoms with E-state index in [4.69, 9.17) is 0 Å². The van der Waals surface area contributed by atoms with Gasteiger partial charge in [0.2, 0.25) is 0 Å². The van der Waals surface area contributed by atoms with Gasteiger partial charge in [-0.05, 0) is 62.2 Å². The van der Waals surface area contributed by atoms with E-state index in [2.05, 4.69) is 30.5 Å². The molecule has 0 unspecified atom stereocenters. The van der Waals surface area contributed by atoms with Gasteiger partial charge in [0.1, 0.15) is 23.0 Å². The zero-order valence-corrected chi connectivity index (χ0v) is 19.5. The zero-order valence-electron chi connectivity index (χ0n) is 19.5. The first-order valence-electron chi connectivity index (χ1n) is 11.7. The van der Waals surface area contributed by atoms with Crippen LogP contribution in [-0.2, 0) is 0 Å². The van der Waals surface area contributed by atoms with Gasteiger partial charge in [-0.15, -0.1) is 10.2 Å². The second-order valence-electron chi connectivity index (χ2n) is 8.94. The molecule has 5 aromatic rings. The first kappa shape index (κ1) is 22.0. The minimum atomic E-state index is -0.366. The Morgan fingerprint density at radius 3 is 2.69 bits per heavy atom. The molecule has 36 heavy (non-hydrogen) atoms. The van der Waals surface area contributed by atoms with E-state index in [0.717, 1.165) is 16.6 Å². The smallest absolute Gasteiger partial charge is 0.270 e. The summed E-state index contributed by atoms with van der Waals surface area (Å²) in [6, 6.07) is 17.5. The number of benzene rings is 1. The number of fused-ring (bicyclic) bond motifs is 1. The van der Waals surface area contributed by atoms with Crippen molar-refractivity contribution in [3.8, 4) is 17.2 Å². The van der Waals surface area contributed by atoms with Crippen molar-refractivity contribution in [1.82, 2.24) is 35.0 Å². The lowest BCUT2D eigenvalue weighted by Gasteiger charge is -2.35. The largest absolute Gasteiger partial charge is 0.348 e. The molecule has 178 valence electrons. The minimum absolute atomic E-state index is 0.0107. The number of aromatic nitrogens is 6. The SMILES string of the molecule is Cc1cccc(-c2nnc(C3CC(NC(=O)c4ccc5cnccc5n4)C3)n2-c2ccccc2F)n1. The second-order valence-corrected chi connectivity index (χ2v) is 8.94. The van der Waals surface area contributed by atoms with Crippen molar-refractivity contribution in [1.29, 1.82) is 0 Å². The van der Waals surface area contributed by atoms with Gasteiger partial charge >= 0.3 is 0 Å². The summed E-state index contributed by atoms with van der Waals surface area (Å²) < 4.78 is 16.6. The Kier molecular flexibility index (Phi) is 5.44. The fraction of sp³-hybridized carbons (Fsp3) is 0.185. The molecular weight excluding hydrogens is 457 g/mol. The lowest BCUT2D eigenvalue weighted by molar-refractivity contribution is 0.0902. The summed E-state index contributed by atoms with van der Waals surface area (Å²) in [5, 5.41) is 12.8. The van der Waals surface area contributed by atoms with Crippen LogP contribution in [-0.4, -0.2) is 41.7 Å². The van der Waals surface area contributed by atoms with E-state index in [-0.39, 0.29) is 23.7 Å². The maximum absolute atomic E-state index is 14.9. The van der Waals surface area contributed by atoms with Crippen LogP contribution in [0, 0.1) is 12.7 Å². The molecule has 0 saturated heterocycles. The number of nitrogens with one attached hydrogen (secondary N) is 1. The van der Waals surface area contributed by atoms with E-state index in [1.54, 1.807) is 47.3 Å². The van der Waals surface area contributed by atoms with Crippen molar-refractivity contribution in [2.24, 2.45) is 0 Å². The van der Waals surface area contributed by atoms with E-state index >= 15 is 0 Å². The molecule has 0 spiro atoms. The van der Waals surface area contributed by atoms with E-state index in [0.29, 0.717) is 41.6 Å². The van der Waals surface area contributed by atoms with Crippen molar-refractivity contribution in [2.75, 3.05) is 0 Å². The quantitative estimate of drug-likeness (QED) is 0.401. The van der Waals surface area contributed by atoms with Crippen molar-refractivity contribution in [3.05, 3.63) is 96.1 Å². The van der Waals surface area contributed by atoms with Gasteiger partial charge < -0.3 is 5.32 Å². The molecule has 4 heterocycles. The van der Waals surface area contributed by atoms with Crippen LogP contribution in [0.2, 0.25) is 0 Å². The average Bonchev–Trinajstić information content (AvgIpc) is 3.30. The number of amides is 1. The van der Waals surface area contributed by atoms with Crippen LogP contribution < -0.4 is 5.32 Å².